The maximum atomic E-state index is 6.23. The molecule has 1 unspecified atom stereocenters. The molecule has 0 fully saturated rings. The first kappa shape index (κ1) is 17.4. The van der Waals surface area contributed by atoms with Crippen molar-refractivity contribution in [2.45, 2.75) is 70.6 Å². The maximum absolute atomic E-state index is 6.23. The van der Waals surface area contributed by atoms with E-state index >= 15 is 0 Å². The Kier molecular flexibility index (Phi) is 6.94. The number of nitrogens with two attached hydrogens (primary N) is 1. The summed E-state index contributed by atoms with van der Waals surface area (Å²) in [6.07, 6.45) is 5.26. The molecule has 1 atom stereocenters. The van der Waals surface area contributed by atoms with Crippen molar-refractivity contribution in [2.75, 3.05) is 11.5 Å². The Bertz CT molecular complexity index is 406. The molecule has 0 aliphatic heterocycles. The zero-order valence-electron chi connectivity index (χ0n) is 13.8. The number of thioether (sulfide) groups is 1. The van der Waals surface area contributed by atoms with Crippen molar-refractivity contribution in [1.29, 1.82) is 0 Å². The molecule has 0 heterocycles. The minimum atomic E-state index is 0.171. The average Bonchev–Trinajstić information content (AvgIpc) is 2.39. The van der Waals surface area contributed by atoms with E-state index in [4.69, 9.17) is 5.73 Å². The van der Waals surface area contributed by atoms with E-state index in [0.717, 1.165) is 11.6 Å². The van der Waals surface area contributed by atoms with Gasteiger partial charge in [0.2, 0.25) is 0 Å². The first-order valence-electron chi connectivity index (χ1n) is 7.91. The van der Waals surface area contributed by atoms with Gasteiger partial charge in [0.05, 0.1) is 0 Å². The smallest absolute Gasteiger partial charge is 0.0455 e. The molecule has 0 spiro atoms. The van der Waals surface area contributed by atoms with E-state index in [9.17, 15) is 0 Å². The number of anilines is 1. The monoisotopic (exact) mass is 293 g/mol. The van der Waals surface area contributed by atoms with E-state index < -0.39 is 0 Å². The molecule has 1 nitrogen and oxygen atoms in total. The molecule has 2 N–H and O–H groups in total. The lowest BCUT2D eigenvalue weighted by molar-refractivity contribution is 0.499. The van der Waals surface area contributed by atoms with Gasteiger partial charge in [0.25, 0.3) is 0 Å². The SMILES string of the molecule is CCCCC(CC)CSc1ccc(C(C)(C)C)cc1N. The summed E-state index contributed by atoms with van der Waals surface area (Å²) >= 11 is 1.92. The highest BCUT2D eigenvalue weighted by Gasteiger charge is 2.15. The van der Waals surface area contributed by atoms with Crippen LogP contribution in [0.15, 0.2) is 23.1 Å². The van der Waals surface area contributed by atoms with Crippen LogP contribution in [0.2, 0.25) is 0 Å². The van der Waals surface area contributed by atoms with Gasteiger partial charge in [-0.2, -0.15) is 0 Å². The standard InChI is InChI=1S/C18H31NS/c1-6-8-9-14(7-2)13-20-17-11-10-15(12-16(17)19)18(3,4)5/h10-12,14H,6-9,13,19H2,1-5H3. The van der Waals surface area contributed by atoms with Crippen LogP contribution < -0.4 is 5.73 Å². The molecule has 0 saturated heterocycles. The van der Waals surface area contributed by atoms with E-state index in [2.05, 4.69) is 52.8 Å². The van der Waals surface area contributed by atoms with E-state index in [1.165, 1.54) is 41.9 Å². The van der Waals surface area contributed by atoms with Crippen molar-refractivity contribution in [3.8, 4) is 0 Å². The Hall–Kier alpha value is -0.630. The molecule has 0 aromatic heterocycles. The molecular formula is C18H31NS. The summed E-state index contributed by atoms with van der Waals surface area (Å²) in [6, 6.07) is 6.58. The molecule has 0 radical (unpaired) electrons. The highest BCUT2D eigenvalue weighted by Crippen LogP contribution is 2.32. The van der Waals surface area contributed by atoms with Gasteiger partial charge >= 0.3 is 0 Å². The average molecular weight is 294 g/mol. The molecule has 1 rings (SSSR count). The lowest BCUT2D eigenvalue weighted by Crippen LogP contribution is -2.11. The Morgan fingerprint density at radius 3 is 2.40 bits per heavy atom. The highest BCUT2D eigenvalue weighted by atomic mass is 32.2. The third-order valence-electron chi connectivity index (χ3n) is 3.89. The second-order valence-electron chi connectivity index (χ2n) is 6.73. The molecule has 114 valence electrons. The predicted octanol–water partition coefficient (Wildman–Crippen LogP) is 5.87. The molecule has 0 aliphatic carbocycles. The molecule has 0 bridgehead atoms. The summed E-state index contributed by atoms with van der Waals surface area (Å²) < 4.78 is 0. The second-order valence-corrected chi connectivity index (χ2v) is 7.79. The summed E-state index contributed by atoms with van der Waals surface area (Å²) in [5, 5.41) is 0. The lowest BCUT2D eigenvalue weighted by atomic mass is 9.87. The van der Waals surface area contributed by atoms with Crippen LogP contribution in [-0.2, 0) is 5.41 Å². The third-order valence-corrected chi connectivity index (χ3v) is 5.21. The molecule has 0 aliphatic rings. The van der Waals surface area contributed by atoms with Crippen molar-refractivity contribution < 1.29 is 0 Å². The number of nitrogen functional groups attached to an aromatic ring is 1. The van der Waals surface area contributed by atoms with Gasteiger partial charge in [-0.05, 0) is 35.4 Å². The first-order chi connectivity index (χ1) is 9.38. The zero-order valence-corrected chi connectivity index (χ0v) is 14.6. The fourth-order valence-electron chi connectivity index (χ4n) is 2.25. The fraction of sp³-hybridized carbons (Fsp3) is 0.667. The van der Waals surface area contributed by atoms with Gasteiger partial charge in [0.15, 0.2) is 0 Å². The zero-order chi connectivity index (χ0) is 15.2. The van der Waals surface area contributed by atoms with Gasteiger partial charge in [-0.1, -0.05) is 59.9 Å². The van der Waals surface area contributed by atoms with E-state index in [1.807, 2.05) is 11.8 Å². The molecule has 0 amide bonds. The van der Waals surface area contributed by atoms with Gasteiger partial charge in [0.1, 0.15) is 0 Å². The van der Waals surface area contributed by atoms with Gasteiger partial charge in [-0.25, -0.2) is 0 Å². The normalized spacial score (nSPS) is 13.4. The molecule has 20 heavy (non-hydrogen) atoms. The summed E-state index contributed by atoms with van der Waals surface area (Å²) in [4.78, 5) is 1.24. The maximum Gasteiger partial charge on any atom is 0.0455 e. The van der Waals surface area contributed by atoms with Crippen LogP contribution in [0.1, 0.15) is 65.9 Å². The van der Waals surface area contributed by atoms with Gasteiger partial charge in [0, 0.05) is 16.3 Å². The quantitative estimate of drug-likeness (QED) is 0.502. The van der Waals surface area contributed by atoms with Gasteiger partial charge in [-0.3, -0.25) is 0 Å². The number of hydrogen-bond donors (Lipinski definition) is 1. The van der Waals surface area contributed by atoms with Gasteiger partial charge < -0.3 is 5.73 Å². The van der Waals surface area contributed by atoms with Crippen LogP contribution in [0.4, 0.5) is 5.69 Å². The topological polar surface area (TPSA) is 26.0 Å². The Labute approximate surface area is 129 Å². The summed E-state index contributed by atoms with van der Waals surface area (Å²) in [6.45, 7) is 11.3. The highest BCUT2D eigenvalue weighted by molar-refractivity contribution is 7.99. The number of benzene rings is 1. The first-order valence-corrected chi connectivity index (χ1v) is 8.89. The third kappa shape index (κ3) is 5.40. The number of unbranched alkanes of at least 4 members (excludes halogenated alkanes) is 1. The van der Waals surface area contributed by atoms with Crippen molar-refractivity contribution >= 4 is 17.4 Å². The van der Waals surface area contributed by atoms with Crippen LogP contribution in [0.5, 0.6) is 0 Å². The fourth-order valence-corrected chi connectivity index (χ4v) is 3.46. The second kappa shape index (κ2) is 7.97. The Morgan fingerprint density at radius 1 is 1.20 bits per heavy atom. The molecule has 0 saturated carbocycles. The Balaban J connectivity index is 2.64. The molecule has 1 aromatic carbocycles. The summed E-state index contributed by atoms with van der Waals surface area (Å²) in [5.41, 5.74) is 8.65. The minimum Gasteiger partial charge on any atom is -0.398 e. The Morgan fingerprint density at radius 2 is 1.90 bits per heavy atom. The predicted molar refractivity (Wildman–Crippen MR) is 93.6 cm³/mol. The molecular weight excluding hydrogens is 262 g/mol. The minimum absolute atomic E-state index is 0.171. The number of hydrogen-bond acceptors (Lipinski definition) is 2. The summed E-state index contributed by atoms with van der Waals surface area (Å²) in [5.74, 6) is 2.01. The van der Waals surface area contributed by atoms with E-state index in [-0.39, 0.29) is 5.41 Å². The largest absolute Gasteiger partial charge is 0.398 e. The van der Waals surface area contributed by atoms with E-state index in [0.29, 0.717) is 0 Å². The number of rotatable bonds is 7. The lowest BCUT2D eigenvalue weighted by Gasteiger charge is -2.21. The van der Waals surface area contributed by atoms with Crippen molar-refractivity contribution in [2.24, 2.45) is 5.92 Å². The van der Waals surface area contributed by atoms with E-state index in [1.54, 1.807) is 0 Å². The van der Waals surface area contributed by atoms with Crippen LogP contribution in [0.3, 0.4) is 0 Å². The van der Waals surface area contributed by atoms with Crippen LogP contribution in [0.25, 0.3) is 0 Å². The molecule has 1 aromatic rings. The van der Waals surface area contributed by atoms with Crippen molar-refractivity contribution in [3.05, 3.63) is 23.8 Å². The van der Waals surface area contributed by atoms with Crippen molar-refractivity contribution in [1.82, 2.24) is 0 Å². The molecule has 2 heteroatoms. The van der Waals surface area contributed by atoms with Gasteiger partial charge in [-0.15, -0.1) is 11.8 Å². The summed E-state index contributed by atoms with van der Waals surface area (Å²) in [7, 11) is 0. The van der Waals surface area contributed by atoms with Crippen LogP contribution in [0, 0.1) is 5.92 Å². The van der Waals surface area contributed by atoms with Crippen molar-refractivity contribution in [3.63, 3.8) is 0 Å². The van der Waals surface area contributed by atoms with Crippen LogP contribution >= 0.6 is 11.8 Å². The van der Waals surface area contributed by atoms with Crippen LogP contribution in [-0.4, -0.2) is 5.75 Å².